The minimum atomic E-state index is -4.64. The van der Waals surface area contributed by atoms with E-state index in [4.69, 9.17) is 4.74 Å². The molecule has 0 spiro atoms. The van der Waals surface area contributed by atoms with E-state index in [2.05, 4.69) is 40.5 Å². The average molecular weight is 665 g/mol. The zero-order valence-corrected chi connectivity index (χ0v) is 26.4. The Hall–Kier alpha value is -5.12. The predicted molar refractivity (Wildman–Crippen MR) is 170 cm³/mol. The van der Waals surface area contributed by atoms with Gasteiger partial charge in [0.05, 0.1) is 24.9 Å². The van der Waals surface area contributed by atoms with E-state index in [1.54, 1.807) is 48.7 Å². The first-order chi connectivity index (χ1) is 23.0. The minimum Gasteiger partial charge on any atom is -0.467 e. The number of alkyl halides is 3. The summed E-state index contributed by atoms with van der Waals surface area (Å²) in [6.07, 6.45) is 5.11. The molecule has 13 nitrogen and oxygen atoms in total. The number of rotatable bonds is 9. The molecular weight excluding hydrogens is 629 g/mol. The lowest BCUT2D eigenvalue weighted by Gasteiger charge is -2.45. The van der Waals surface area contributed by atoms with Crippen molar-refractivity contribution in [3.8, 4) is 17.1 Å². The van der Waals surface area contributed by atoms with Crippen molar-refractivity contribution in [1.82, 2.24) is 35.2 Å². The molecule has 1 aliphatic heterocycles. The third kappa shape index (κ3) is 7.54. The minimum absolute atomic E-state index is 0.0404. The zero-order chi connectivity index (χ0) is 33.9. The first-order valence-electron chi connectivity index (χ1n) is 15.5. The van der Waals surface area contributed by atoms with Crippen LogP contribution in [0.2, 0.25) is 0 Å². The van der Waals surface area contributed by atoms with Crippen molar-refractivity contribution in [2.45, 2.75) is 63.0 Å². The van der Waals surface area contributed by atoms with Gasteiger partial charge in [-0.05, 0) is 56.9 Å². The molecule has 1 aliphatic carbocycles. The molecule has 252 valence electrons. The number of urea groups is 1. The fourth-order valence-corrected chi connectivity index (χ4v) is 5.95. The maximum atomic E-state index is 13.7. The van der Waals surface area contributed by atoms with E-state index < -0.39 is 17.3 Å². The number of carbonyl (C=O) groups excluding carboxylic acids is 1. The molecule has 2 aliphatic rings. The third-order valence-corrected chi connectivity index (χ3v) is 8.34. The van der Waals surface area contributed by atoms with Crippen LogP contribution < -0.4 is 25.2 Å². The summed E-state index contributed by atoms with van der Waals surface area (Å²) in [7, 11) is 1.49. The topological polar surface area (TPSA) is 154 Å². The molecule has 0 radical (unpaired) electrons. The Labute approximate surface area is 274 Å². The van der Waals surface area contributed by atoms with E-state index in [0.717, 1.165) is 17.3 Å². The number of pyridine rings is 2. The van der Waals surface area contributed by atoms with Crippen LogP contribution in [0.5, 0.6) is 6.01 Å². The normalized spacial score (nSPS) is 18.8. The van der Waals surface area contributed by atoms with Crippen molar-refractivity contribution in [2.24, 2.45) is 0 Å². The van der Waals surface area contributed by atoms with Crippen LogP contribution in [0.15, 0.2) is 61.3 Å². The average Bonchev–Trinajstić information content (AvgIpc) is 3.07. The number of halogens is 3. The van der Waals surface area contributed by atoms with Gasteiger partial charge in [-0.2, -0.15) is 18.2 Å². The lowest BCUT2D eigenvalue weighted by atomic mass is 9.90. The Morgan fingerprint density at radius 1 is 1.00 bits per heavy atom. The van der Waals surface area contributed by atoms with Gasteiger partial charge in [0.25, 0.3) is 0 Å². The van der Waals surface area contributed by atoms with Crippen LogP contribution in [0.25, 0.3) is 11.1 Å². The number of aliphatic hydroxyl groups is 1. The fraction of sp³-hybridized carbons (Fsp3) is 0.406. The Bertz CT molecular complexity index is 1690. The van der Waals surface area contributed by atoms with Crippen molar-refractivity contribution in [3.05, 3.63) is 72.6 Å². The van der Waals surface area contributed by atoms with Crippen LogP contribution in [-0.4, -0.2) is 78.9 Å². The smallest absolute Gasteiger partial charge is 0.421 e. The van der Waals surface area contributed by atoms with Gasteiger partial charge >= 0.3 is 18.2 Å². The van der Waals surface area contributed by atoms with Crippen molar-refractivity contribution in [1.29, 1.82) is 0 Å². The second-order valence-corrected chi connectivity index (χ2v) is 12.1. The number of hydrogen-bond donors (Lipinski definition) is 3. The number of ether oxygens (including phenoxy) is 1. The number of nitrogens with one attached hydrogen (secondary N) is 2. The third-order valence-electron chi connectivity index (χ3n) is 8.34. The summed E-state index contributed by atoms with van der Waals surface area (Å²) in [5.74, 6) is 0.286. The highest BCUT2D eigenvalue weighted by molar-refractivity contribution is 5.91. The summed E-state index contributed by atoms with van der Waals surface area (Å²) in [6, 6.07) is 8.67. The van der Waals surface area contributed by atoms with Crippen LogP contribution in [0, 0.1) is 0 Å². The van der Waals surface area contributed by atoms with E-state index in [0.29, 0.717) is 37.2 Å². The molecule has 6 rings (SSSR count). The highest BCUT2D eigenvalue weighted by Gasteiger charge is 2.43. The number of nitrogens with zero attached hydrogens (tertiary/aromatic N) is 8. The Morgan fingerprint density at radius 2 is 1.73 bits per heavy atom. The molecule has 0 bridgehead atoms. The molecule has 48 heavy (non-hydrogen) atoms. The Morgan fingerprint density at radius 3 is 2.33 bits per heavy atom. The summed E-state index contributed by atoms with van der Waals surface area (Å²) >= 11 is 0. The molecule has 4 aromatic rings. The quantitative estimate of drug-likeness (QED) is 0.232. The number of anilines is 3. The number of β-amino-alcohol motifs (C(OH)–C–C–N with tert-alkyl or cyclic N) is 1. The molecule has 0 atom stereocenters. The van der Waals surface area contributed by atoms with Gasteiger partial charge in [0.15, 0.2) is 0 Å². The van der Waals surface area contributed by atoms with Gasteiger partial charge in [0.1, 0.15) is 17.2 Å². The van der Waals surface area contributed by atoms with E-state index in [1.807, 2.05) is 18.2 Å². The second-order valence-electron chi connectivity index (χ2n) is 12.1. The molecule has 2 fully saturated rings. The number of amides is 2. The highest BCUT2D eigenvalue weighted by atomic mass is 19.4. The molecule has 1 saturated carbocycles. The zero-order valence-electron chi connectivity index (χ0n) is 26.4. The van der Waals surface area contributed by atoms with Crippen LogP contribution in [0.4, 0.5) is 35.5 Å². The van der Waals surface area contributed by atoms with E-state index >= 15 is 0 Å². The maximum Gasteiger partial charge on any atom is 0.421 e. The molecule has 2 amide bonds. The van der Waals surface area contributed by atoms with Gasteiger partial charge < -0.3 is 25.4 Å². The number of methoxy groups -OCH3 is 1. The molecule has 4 aromatic heterocycles. The molecule has 0 unspecified atom stereocenters. The van der Waals surface area contributed by atoms with Crippen LogP contribution in [0.1, 0.15) is 43.9 Å². The van der Waals surface area contributed by atoms with Crippen molar-refractivity contribution < 1.29 is 27.8 Å². The largest absolute Gasteiger partial charge is 0.467 e. The van der Waals surface area contributed by atoms with Crippen LogP contribution in [0.3, 0.4) is 0 Å². The van der Waals surface area contributed by atoms with Crippen LogP contribution >= 0.6 is 0 Å². The first kappa shape index (κ1) is 32.8. The summed E-state index contributed by atoms with van der Waals surface area (Å²) in [6.45, 7) is 1.88. The van der Waals surface area contributed by atoms with E-state index in [9.17, 15) is 23.1 Å². The van der Waals surface area contributed by atoms with Crippen molar-refractivity contribution in [2.75, 3.05) is 35.3 Å². The van der Waals surface area contributed by atoms with Gasteiger partial charge in [0, 0.05) is 67.3 Å². The fourth-order valence-electron chi connectivity index (χ4n) is 5.95. The van der Waals surface area contributed by atoms with Gasteiger partial charge in [-0.1, -0.05) is 6.07 Å². The highest BCUT2D eigenvalue weighted by Crippen LogP contribution is 2.39. The summed E-state index contributed by atoms with van der Waals surface area (Å²) in [5.41, 5.74) is 0.188. The Balaban J connectivity index is 1.16. The van der Waals surface area contributed by atoms with E-state index in [1.165, 1.54) is 12.0 Å². The lowest BCUT2D eigenvalue weighted by Crippen LogP contribution is -2.60. The Kier molecular flexibility index (Phi) is 9.26. The van der Waals surface area contributed by atoms with Gasteiger partial charge in [-0.3, -0.25) is 9.88 Å². The monoisotopic (exact) mass is 664 g/mol. The SMILES string of the molecule is COc1ncc(-c2ccc(N(C(=O)NCc3ccccn3)C3CCC(Nc4ncc(C(F)(F)F)c(N5CC(C)(O)C5)n4)CC3)nc2)cn1. The van der Waals surface area contributed by atoms with Gasteiger partial charge in [-0.15, -0.1) is 0 Å². The number of hydrogen-bond acceptors (Lipinski definition) is 11. The molecule has 3 N–H and O–H groups in total. The predicted octanol–water partition coefficient (Wildman–Crippen LogP) is 4.46. The van der Waals surface area contributed by atoms with Crippen molar-refractivity contribution in [3.63, 3.8) is 0 Å². The molecule has 5 heterocycles. The summed E-state index contributed by atoms with van der Waals surface area (Å²) in [5, 5.41) is 16.3. The van der Waals surface area contributed by atoms with Gasteiger partial charge in [-0.25, -0.2) is 24.7 Å². The standard InChI is InChI=1S/C32H35F3N10O3/c1-31(47)18-44(19-31)27-25(32(33,34)35)17-38-28(43-27)42-22-7-9-24(10-8-22)45(30(46)41-16-23-5-3-4-12-36-23)26-11-6-20(13-37-26)21-14-39-29(48-2)40-15-21/h3-6,11-15,17,22,24,47H,7-10,16,18-19H2,1-2H3,(H,41,46)(H,38,42,43). The number of carbonyl (C=O) groups is 1. The summed E-state index contributed by atoms with van der Waals surface area (Å²) < 4.78 is 46.2. The van der Waals surface area contributed by atoms with E-state index in [-0.39, 0.29) is 55.5 Å². The van der Waals surface area contributed by atoms with Crippen LogP contribution in [-0.2, 0) is 12.7 Å². The number of aromatic nitrogens is 6. The summed E-state index contributed by atoms with van der Waals surface area (Å²) in [4.78, 5) is 42.1. The second kappa shape index (κ2) is 13.5. The molecule has 1 saturated heterocycles. The molecular formula is C32H35F3N10O3. The molecule has 16 heteroatoms. The molecule has 0 aromatic carbocycles. The van der Waals surface area contributed by atoms with Gasteiger partial charge in [0.2, 0.25) is 5.95 Å². The maximum absolute atomic E-state index is 13.7. The lowest BCUT2D eigenvalue weighted by molar-refractivity contribution is -0.137. The van der Waals surface area contributed by atoms with Crippen molar-refractivity contribution >= 4 is 23.6 Å². The first-order valence-corrected chi connectivity index (χ1v) is 15.5.